The van der Waals surface area contributed by atoms with Crippen LogP contribution < -0.4 is 0 Å². The van der Waals surface area contributed by atoms with E-state index in [1.807, 2.05) is 6.07 Å². The minimum absolute atomic E-state index is 0.138. The van der Waals surface area contributed by atoms with E-state index in [0.29, 0.717) is 0 Å². The van der Waals surface area contributed by atoms with Gasteiger partial charge in [0.25, 0.3) is 0 Å². The molecule has 0 aliphatic heterocycles. The molecule has 1 aromatic rings. The molecule has 0 unspecified atom stereocenters. The van der Waals surface area contributed by atoms with Crippen LogP contribution in [-0.4, -0.2) is 17.1 Å². The monoisotopic (exact) mass is 150 g/mol. The molecule has 1 saturated carbocycles. The molecule has 0 radical (unpaired) electrons. The summed E-state index contributed by atoms with van der Waals surface area (Å²) in [6.45, 7) is 0. The van der Waals surface area contributed by atoms with Gasteiger partial charge < -0.3 is 4.74 Å². The molecule has 0 amide bonds. The van der Waals surface area contributed by atoms with E-state index in [9.17, 15) is 0 Å². The molecular weight excluding hydrogens is 140 g/mol. The van der Waals surface area contributed by atoms with Crippen LogP contribution in [-0.2, 0) is 10.3 Å². The van der Waals surface area contributed by atoms with Crippen molar-refractivity contribution in [3.63, 3.8) is 0 Å². The first kappa shape index (κ1) is 6.73. The fourth-order valence-corrected chi connectivity index (χ4v) is 1.17. The zero-order valence-electron chi connectivity index (χ0n) is 6.45. The Balaban J connectivity index is 2.30. The van der Waals surface area contributed by atoms with E-state index in [1.54, 1.807) is 19.5 Å². The van der Waals surface area contributed by atoms with Gasteiger partial charge >= 0.3 is 0 Å². The third kappa shape index (κ3) is 1.01. The van der Waals surface area contributed by atoms with Gasteiger partial charge in [-0.05, 0) is 18.9 Å². The molecular formula is C8H10N2O. The first-order valence-corrected chi connectivity index (χ1v) is 3.70. The lowest BCUT2D eigenvalue weighted by molar-refractivity contribution is 0.0711. The Morgan fingerprint density at radius 2 is 2.00 bits per heavy atom. The molecule has 1 aliphatic carbocycles. The molecule has 1 aromatic heterocycles. The van der Waals surface area contributed by atoms with Crippen molar-refractivity contribution in [3.05, 3.63) is 24.3 Å². The normalized spacial score (nSPS) is 19.7. The van der Waals surface area contributed by atoms with Crippen LogP contribution in [0, 0.1) is 0 Å². The molecule has 11 heavy (non-hydrogen) atoms. The summed E-state index contributed by atoms with van der Waals surface area (Å²) >= 11 is 0. The van der Waals surface area contributed by atoms with Gasteiger partial charge in [0.05, 0.1) is 0 Å². The lowest BCUT2D eigenvalue weighted by atomic mass is 10.3. The highest BCUT2D eigenvalue weighted by Gasteiger charge is 2.47. The largest absolute Gasteiger partial charge is 0.370 e. The molecule has 2 rings (SSSR count). The van der Waals surface area contributed by atoms with Crippen molar-refractivity contribution in [2.45, 2.75) is 18.4 Å². The fraction of sp³-hybridized carbons (Fsp3) is 0.500. The molecule has 3 nitrogen and oxygen atoms in total. The average molecular weight is 150 g/mol. The van der Waals surface area contributed by atoms with Crippen LogP contribution in [0.15, 0.2) is 18.5 Å². The molecule has 0 atom stereocenters. The van der Waals surface area contributed by atoms with E-state index in [2.05, 4.69) is 9.97 Å². The van der Waals surface area contributed by atoms with E-state index in [1.165, 1.54) is 0 Å². The SMILES string of the molecule is COC1(c2ncccn2)CC1. The molecule has 1 fully saturated rings. The van der Waals surface area contributed by atoms with Crippen molar-refractivity contribution in [2.75, 3.05) is 7.11 Å². The minimum atomic E-state index is -0.138. The van der Waals surface area contributed by atoms with Crippen molar-refractivity contribution >= 4 is 0 Å². The lowest BCUT2D eigenvalue weighted by Crippen LogP contribution is -2.12. The van der Waals surface area contributed by atoms with Gasteiger partial charge in [-0.1, -0.05) is 0 Å². The zero-order chi connectivity index (χ0) is 7.73. The van der Waals surface area contributed by atoms with Crippen LogP contribution in [0.25, 0.3) is 0 Å². The van der Waals surface area contributed by atoms with Crippen molar-refractivity contribution in [1.82, 2.24) is 9.97 Å². The van der Waals surface area contributed by atoms with Crippen LogP contribution in [0.2, 0.25) is 0 Å². The van der Waals surface area contributed by atoms with Crippen molar-refractivity contribution < 1.29 is 4.74 Å². The van der Waals surface area contributed by atoms with Crippen molar-refractivity contribution in [3.8, 4) is 0 Å². The van der Waals surface area contributed by atoms with E-state index in [-0.39, 0.29) is 5.60 Å². The van der Waals surface area contributed by atoms with Gasteiger partial charge in [-0.15, -0.1) is 0 Å². The first-order valence-electron chi connectivity index (χ1n) is 3.70. The van der Waals surface area contributed by atoms with E-state index < -0.39 is 0 Å². The lowest BCUT2D eigenvalue weighted by Gasteiger charge is -2.09. The summed E-state index contributed by atoms with van der Waals surface area (Å²) in [6, 6.07) is 1.81. The first-order chi connectivity index (χ1) is 5.37. The summed E-state index contributed by atoms with van der Waals surface area (Å²) in [7, 11) is 1.71. The van der Waals surface area contributed by atoms with Gasteiger partial charge in [-0.3, -0.25) is 0 Å². The summed E-state index contributed by atoms with van der Waals surface area (Å²) in [5.41, 5.74) is -0.138. The van der Waals surface area contributed by atoms with Crippen LogP contribution >= 0.6 is 0 Å². The van der Waals surface area contributed by atoms with Gasteiger partial charge in [0.15, 0.2) is 5.82 Å². The second-order valence-corrected chi connectivity index (χ2v) is 2.77. The van der Waals surface area contributed by atoms with Crippen LogP contribution in [0.3, 0.4) is 0 Å². The Morgan fingerprint density at radius 3 is 2.45 bits per heavy atom. The highest BCUT2D eigenvalue weighted by molar-refractivity contribution is 5.11. The summed E-state index contributed by atoms with van der Waals surface area (Å²) in [4.78, 5) is 8.30. The Morgan fingerprint density at radius 1 is 1.36 bits per heavy atom. The molecule has 1 aliphatic rings. The second-order valence-electron chi connectivity index (χ2n) is 2.77. The number of ether oxygens (including phenoxy) is 1. The third-order valence-electron chi connectivity index (χ3n) is 2.07. The van der Waals surface area contributed by atoms with E-state index in [0.717, 1.165) is 18.7 Å². The Labute approximate surface area is 65.4 Å². The van der Waals surface area contributed by atoms with Crippen LogP contribution in [0.1, 0.15) is 18.7 Å². The predicted octanol–water partition coefficient (Wildman–Crippen LogP) is 1.11. The Bertz CT molecular complexity index is 244. The van der Waals surface area contributed by atoms with E-state index >= 15 is 0 Å². The Kier molecular flexibility index (Phi) is 1.39. The topological polar surface area (TPSA) is 35.0 Å². The highest BCUT2D eigenvalue weighted by atomic mass is 16.5. The van der Waals surface area contributed by atoms with Gasteiger partial charge in [-0.2, -0.15) is 0 Å². The minimum Gasteiger partial charge on any atom is -0.370 e. The second kappa shape index (κ2) is 2.27. The summed E-state index contributed by atoms with van der Waals surface area (Å²) in [5, 5.41) is 0. The third-order valence-corrected chi connectivity index (χ3v) is 2.07. The number of methoxy groups -OCH3 is 1. The van der Waals surface area contributed by atoms with Gasteiger partial charge in [0.2, 0.25) is 0 Å². The number of hydrogen-bond acceptors (Lipinski definition) is 3. The van der Waals surface area contributed by atoms with Crippen LogP contribution in [0.4, 0.5) is 0 Å². The molecule has 0 N–H and O–H groups in total. The maximum absolute atomic E-state index is 5.31. The number of aromatic nitrogens is 2. The molecule has 0 bridgehead atoms. The summed E-state index contributed by atoms with van der Waals surface area (Å²) in [5.74, 6) is 0.822. The number of nitrogens with zero attached hydrogens (tertiary/aromatic N) is 2. The molecule has 0 spiro atoms. The number of hydrogen-bond donors (Lipinski definition) is 0. The van der Waals surface area contributed by atoms with Crippen molar-refractivity contribution in [2.24, 2.45) is 0 Å². The maximum atomic E-state index is 5.31. The molecule has 58 valence electrons. The van der Waals surface area contributed by atoms with E-state index in [4.69, 9.17) is 4.74 Å². The number of rotatable bonds is 2. The highest BCUT2D eigenvalue weighted by Crippen LogP contribution is 2.46. The average Bonchev–Trinajstić information content (AvgIpc) is 2.86. The molecule has 0 saturated heterocycles. The summed E-state index contributed by atoms with van der Waals surface area (Å²) in [6.07, 6.45) is 5.60. The van der Waals surface area contributed by atoms with Crippen molar-refractivity contribution in [1.29, 1.82) is 0 Å². The maximum Gasteiger partial charge on any atom is 0.160 e. The fourth-order valence-electron chi connectivity index (χ4n) is 1.17. The standard InChI is InChI=1S/C8H10N2O/c1-11-8(3-4-8)7-9-5-2-6-10-7/h2,5-6H,3-4H2,1H3. The van der Waals surface area contributed by atoms with Gasteiger partial charge in [0.1, 0.15) is 5.60 Å². The quantitative estimate of drug-likeness (QED) is 0.633. The molecule has 3 heteroatoms. The molecule has 1 heterocycles. The Hall–Kier alpha value is -0.960. The van der Waals surface area contributed by atoms with Gasteiger partial charge in [-0.25, -0.2) is 9.97 Å². The summed E-state index contributed by atoms with van der Waals surface area (Å²) < 4.78 is 5.31. The smallest absolute Gasteiger partial charge is 0.160 e. The van der Waals surface area contributed by atoms with Gasteiger partial charge in [0, 0.05) is 19.5 Å². The predicted molar refractivity (Wildman–Crippen MR) is 40.0 cm³/mol. The zero-order valence-corrected chi connectivity index (χ0v) is 6.45. The van der Waals surface area contributed by atoms with Crippen LogP contribution in [0.5, 0.6) is 0 Å². The molecule has 0 aromatic carbocycles.